The van der Waals surface area contributed by atoms with Crippen molar-refractivity contribution in [3.8, 4) is 5.75 Å². The summed E-state index contributed by atoms with van der Waals surface area (Å²) in [5, 5.41) is 2.84. The van der Waals surface area contributed by atoms with Gasteiger partial charge in [-0.3, -0.25) is 4.79 Å². The van der Waals surface area contributed by atoms with E-state index in [1.165, 1.54) is 5.56 Å². The number of hydrogen-bond acceptors (Lipinski definition) is 3. The van der Waals surface area contributed by atoms with E-state index in [1.54, 1.807) is 0 Å². The molecule has 5 heteroatoms. The number of fused-ring (bicyclic) bond motifs is 1. The first-order chi connectivity index (χ1) is 8.61. The summed E-state index contributed by atoms with van der Waals surface area (Å²) in [6.45, 7) is 3.06. The van der Waals surface area contributed by atoms with Crippen LogP contribution in [0.15, 0.2) is 16.6 Å². The predicted molar refractivity (Wildman–Crippen MR) is 73.5 cm³/mol. The average Bonchev–Trinajstić information content (AvgIpc) is 2.82. The lowest BCUT2D eigenvalue weighted by molar-refractivity contribution is -0.122. The van der Waals surface area contributed by atoms with Crippen molar-refractivity contribution in [1.29, 1.82) is 0 Å². The van der Waals surface area contributed by atoms with Crippen LogP contribution in [0, 0.1) is 0 Å². The smallest absolute Gasteiger partial charge is 0.237 e. The Hall–Kier alpha value is -1.07. The second-order valence-corrected chi connectivity index (χ2v) is 5.30. The summed E-state index contributed by atoms with van der Waals surface area (Å²) >= 11 is 3.47. The maximum Gasteiger partial charge on any atom is 0.237 e. The molecule has 1 aliphatic heterocycles. The minimum atomic E-state index is -0.439. The van der Waals surface area contributed by atoms with E-state index in [4.69, 9.17) is 10.5 Å². The number of amides is 1. The normalized spacial score (nSPS) is 14.8. The van der Waals surface area contributed by atoms with E-state index in [0.29, 0.717) is 19.6 Å². The SMILES string of the molecule is CC[C@@H](N)C(=O)NCc1cc(Br)cc2c1OCC2. The Kier molecular flexibility index (Phi) is 4.24. The molecule has 1 aromatic rings. The van der Waals surface area contributed by atoms with Crippen LogP contribution in [-0.4, -0.2) is 18.6 Å². The molecule has 0 fully saturated rings. The topological polar surface area (TPSA) is 64.4 Å². The molecular formula is C13H17BrN2O2. The van der Waals surface area contributed by atoms with Crippen LogP contribution < -0.4 is 15.8 Å². The molecule has 1 atom stereocenters. The highest BCUT2D eigenvalue weighted by Crippen LogP contribution is 2.32. The Morgan fingerprint density at radius 1 is 1.61 bits per heavy atom. The van der Waals surface area contributed by atoms with Gasteiger partial charge in [0.2, 0.25) is 5.91 Å². The number of rotatable bonds is 4. The van der Waals surface area contributed by atoms with Crippen LogP contribution in [0.2, 0.25) is 0 Å². The highest BCUT2D eigenvalue weighted by atomic mass is 79.9. The summed E-state index contributed by atoms with van der Waals surface area (Å²) in [6, 6.07) is 3.60. The van der Waals surface area contributed by atoms with Crippen molar-refractivity contribution in [2.45, 2.75) is 32.4 Å². The maximum atomic E-state index is 11.6. The van der Waals surface area contributed by atoms with Crippen molar-refractivity contribution in [2.75, 3.05) is 6.61 Å². The van der Waals surface area contributed by atoms with Crippen LogP contribution in [0.25, 0.3) is 0 Å². The number of hydrogen-bond donors (Lipinski definition) is 2. The zero-order chi connectivity index (χ0) is 13.1. The monoisotopic (exact) mass is 312 g/mol. The van der Waals surface area contributed by atoms with E-state index in [9.17, 15) is 4.79 Å². The third-order valence-corrected chi connectivity index (χ3v) is 3.51. The van der Waals surface area contributed by atoms with Crippen LogP contribution in [0.5, 0.6) is 5.75 Å². The molecule has 0 radical (unpaired) electrons. The molecule has 2 rings (SSSR count). The summed E-state index contributed by atoms with van der Waals surface area (Å²) in [4.78, 5) is 11.6. The van der Waals surface area contributed by atoms with Crippen molar-refractivity contribution in [1.82, 2.24) is 5.32 Å². The highest BCUT2D eigenvalue weighted by molar-refractivity contribution is 9.10. The zero-order valence-electron chi connectivity index (χ0n) is 10.3. The van der Waals surface area contributed by atoms with Crippen molar-refractivity contribution in [2.24, 2.45) is 5.73 Å². The molecule has 0 aromatic heterocycles. The van der Waals surface area contributed by atoms with Gasteiger partial charge in [0.15, 0.2) is 0 Å². The summed E-state index contributed by atoms with van der Waals surface area (Å²) in [6.07, 6.45) is 1.56. The molecule has 0 saturated carbocycles. The van der Waals surface area contributed by atoms with Gasteiger partial charge in [0.05, 0.1) is 12.6 Å². The van der Waals surface area contributed by atoms with Gasteiger partial charge in [-0.2, -0.15) is 0 Å². The standard InChI is InChI=1S/C13H17BrN2O2/c1-2-11(15)13(17)16-7-9-6-10(14)5-8-3-4-18-12(8)9/h5-6,11H,2-4,7,15H2,1H3,(H,16,17)/t11-/m1/s1. The molecule has 4 nitrogen and oxygen atoms in total. The van der Waals surface area contributed by atoms with E-state index in [0.717, 1.165) is 22.2 Å². The molecule has 1 heterocycles. The fourth-order valence-electron chi connectivity index (χ4n) is 1.98. The Morgan fingerprint density at radius 2 is 2.39 bits per heavy atom. The molecule has 1 aliphatic rings. The molecule has 0 unspecified atom stereocenters. The molecule has 1 amide bonds. The largest absolute Gasteiger partial charge is 0.493 e. The molecule has 0 saturated heterocycles. The first-order valence-corrected chi connectivity index (χ1v) is 6.88. The lowest BCUT2D eigenvalue weighted by Gasteiger charge is -2.12. The van der Waals surface area contributed by atoms with Crippen LogP contribution >= 0.6 is 15.9 Å². The van der Waals surface area contributed by atoms with Crippen LogP contribution in [-0.2, 0) is 17.8 Å². The minimum Gasteiger partial charge on any atom is -0.493 e. The van der Waals surface area contributed by atoms with Crippen molar-refractivity contribution >= 4 is 21.8 Å². The molecule has 98 valence electrons. The van der Waals surface area contributed by atoms with Crippen LogP contribution in [0.3, 0.4) is 0 Å². The average molecular weight is 313 g/mol. The van der Waals surface area contributed by atoms with Gasteiger partial charge in [-0.05, 0) is 24.1 Å². The molecule has 3 N–H and O–H groups in total. The lowest BCUT2D eigenvalue weighted by Crippen LogP contribution is -2.39. The van der Waals surface area contributed by atoms with Crippen LogP contribution in [0.1, 0.15) is 24.5 Å². The number of nitrogens with two attached hydrogens (primary N) is 1. The van der Waals surface area contributed by atoms with Gasteiger partial charge in [-0.25, -0.2) is 0 Å². The van der Waals surface area contributed by atoms with Gasteiger partial charge < -0.3 is 15.8 Å². The fraction of sp³-hybridized carbons (Fsp3) is 0.462. The van der Waals surface area contributed by atoms with Crippen LogP contribution in [0.4, 0.5) is 0 Å². The molecule has 18 heavy (non-hydrogen) atoms. The van der Waals surface area contributed by atoms with E-state index in [1.807, 2.05) is 13.0 Å². The van der Waals surface area contributed by atoms with Gasteiger partial charge in [0.25, 0.3) is 0 Å². The van der Waals surface area contributed by atoms with Gasteiger partial charge in [0, 0.05) is 23.0 Å². The Balaban J connectivity index is 2.08. The molecule has 1 aromatic carbocycles. The minimum absolute atomic E-state index is 0.121. The van der Waals surface area contributed by atoms with Gasteiger partial charge >= 0.3 is 0 Å². The molecule has 0 bridgehead atoms. The zero-order valence-corrected chi connectivity index (χ0v) is 11.9. The fourth-order valence-corrected chi connectivity index (χ4v) is 2.53. The van der Waals surface area contributed by atoms with E-state index in [2.05, 4.69) is 27.3 Å². The number of carbonyl (C=O) groups is 1. The van der Waals surface area contributed by atoms with Gasteiger partial charge in [-0.15, -0.1) is 0 Å². The summed E-state index contributed by atoms with van der Waals surface area (Å²) in [7, 11) is 0. The number of ether oxygens (including phenoxy) is 1. The molecule has 0 spiro atoms. The highest BCUT2D eigenvalue weighted by Gasteiger charge is 2.18. The summed E-state index contributed by atoms with van der Waals surface area (Å²) < 4.78 is 6.61. The predicted octanol–water partition coefficient (Wildman–Crippen LogP) is 1.74. The van der Waals surface area contributed by atoms with E-state index < -0.39 is 6.04 Å². The number of nitrogens with one attached hydrogen (secondary N) is 1. The summed E-state index contributed by atoms with van der Waals surface area (Å²) in [5.41, 5.74) is 7.85. The quantitative estimate of drug-likeness (QED) is 0.890. The first kappa shape index (κ1) is 13.4. The second kappa shape index (κ2) is 5.71. The van der Waals surface area contributed by atoms with Crippen molar-refractivity contribution in [3.63, 3.8) is 0 Å². The number of carbonyl (C=O) groups excluding carboxylic acids is 1. The Labute approximate surface area is 115 Å². The van der Waals surface area contributed by atoms with Crippen molar-refractivity contribution in [3.05, 3.63) is 27.7 Å². The Bertz CT molecular complexity index is 463. The second-order valence-electron chi connectivity index (χ2n) is 4.38. The Morgan fingerprint density at radius 3 is 3.11 bits per heavy atom. The van der Waals surface area contributed by atoms with E-state index >= 15 is 0 Å². The number of benzene rings is 1. The van der Waals surface area contributed by atoms with E-state index in [-0.39, 0.29) is 5.91 Å². The molecular weight excluding hydrogens is 296 g/mol. The lowest BCUT2D eigenvalue weighted by atomic mass is 10.1. The number of halogens is 1. The third kappa shape index (κ3) is 2.84. The van der Waals surface area contributed by atoms with Gasteiger partial charge in [-0.1, -0.05) is 22.9 Å². The maximum absolute atomic E-state index is 11.6. The first-order valence-electron chi connectivity index (χ1n) is 6.09. The van der Waals surface area contributed by atoms with Gasteiger partial charge in [0.1, 0.15) is 5.75 Å². The third-order valence-electron chi connectivity index (χ3n) is 3.06. The van der Waals surface area contributed by atoms with Crippen molar-refractivity contribution < 1.29 is 9.53 Å². The summed E-state index contributed by atoms with van der Waals surface area (Å²) in [5.74, 6) is 0.785. The molecule has 0 aliphatic carbocycles.